The van der Waals surface area contributed by atoms with E-state index in [-0.39, 0.29) is 6.61 Å². The molecular formula is C9H18Cl2O. The third-order valence-electron chi connectivity index (χ3n) is 1.87. The zero-order chi connectivity index (χ0) is 9.45. The smallest absolute Gasteiger partial charge is 0.120 e. The highest BCUT2D eigenvalue weighted by Gasteiger charge is 2.21. The number of hydrogen-bond acceptors (Lipinski definition) is 1. The molecular weight excluding hydrogens is 195 g/mol. The number of hydrogen-bond donors (Lipinski definition) is 1. The third kappa shape index (κ3) is 7.20. The van der Waals surface area contributed by atoms with Crippen LogP contribution in [0.15, 0.2) is 0 Å². The summed E-state index contributed by atoms with van der Waals surface area (Å²) in [5.74, 6) is 0. The molecule has 0 rings (SSSR count). The van der Waals surface area contributed by atoms with Gasteiger partial charge in [0.25, 0.3) is 0 Å². The predicted molar refractivity (Wildman–Crippen MR) is 54.9 cm³/mol. The van der Waals surface area contributed by atoms with Gasteiger partial charge >= 0.3 is 0 Å². The molecule has 0 heterocycles. The fraction of sp³-hybridized carbons (Fsp3) is 1.00. The van der Waals surface area contributed by atoms with Crippen LogP contribution in [0.1, 0.15) is 45.4 Å². The lowest BCUT2D eigenvalue weighted by Gasteiger charge is -2.17. The summed E-state index contributed by atoms with van der Waals surface area (Å²) in [6.45, 7) is 2.24. The molecule has 0 atom stereocenters. The minimum atomic E-state index is -0.706. The number of alkyl halides is 2. The summed E-state index contributed by atoms with van der Waals surface area (Å²) >= 11 is 11.8. The van der Waals surface area contributed by atoms with Crippen molar-refractivity contribution in [3.63, 3.8) is 0 Å². The van der Waals surface area contributed by atoms with E-state index >= 15 is 0 Å². The average molecular weight is 213 g/mol. The van der Waals surface area contributed by atoms with Crippen molar-refractivity contribution >= 4 is 23.2 Å². The lowest BCUT2D eigenvalue weighted by Crippen LogP contribution is -2.14. The Kier molecular flexibility index (Phi) is 7.31. The first-order valence-electron chi connectivity index (χ1n) is 4.61. The Hall–Kier alpha value is 0.540. The van der Waals surface area contributed by atoms with Gasteiger partial charge in [-0.2, -0.15) is 0 Å². The molecule has 0 aliphatic carbocycles. The second-order valence-electron chi connectivity index (χ2n) is 3.14. The molecule has 3 heteroatoms. The van der Waals surface area contributed by atoms with Crippen LogP contribution >= 0.6 is 23.2 Å². The third-order valence-corrected chi connectivity index (χ3v) is 2.63. The van der Waals surface area contributed by atoms with Crippen molar-refractivity contribution < 1.29 is 5.11 Å². The van der Waals surface area contributed by atoms with Crippen LogP contribution in [0.2, 0.25) is 0 Å². The number of halogens is 2. The molecule has 74 valence electrons. The molecule has 1 nitrogen and oxygen atoms in total. The van der Waals surface area contributed by atoms with Gasteiger partial charge in [0.2, 0.25) is 0 Å². The average Bonchev–Trinajstić information content (AvgIpc) is 1.98. The van der Waals surface area contributed by atoms with Gasteiger partial charge < -0.3 is 5.11 Å². The first-order valence-corrected chi connectivity index (χ1v) is 5.36. The molecule has 0 spiro atoms. The monoisotopic (exact) mass is 212 g/mol. The lowest BCUT2D eigenvalue weighted by atomic mass is 10.1. The maximum absolute atomic E-state index is 8.64. The topological polar surface area (TPSA) is 20.2 Å². The van der Waals surface area contributed by atoms with E-state index in [1.54, 1.807) is 0 Å². The molecule has 0 aromatic carbocycles. The lowest BCUT2D eigenvalue weighted by molar-refractivity contribution is 0.278. The first kappa shape index (κ1) is 12.5. The van der Waals surface area contributed by atoms with Crippen molar-refractivity contribution in [3.8, 4) is 0 Å². The highest BCUT2D eigenvalue weighted by Crippen LogP contribution is 2.31. The van der Waals surface area contributed by atoms with Gasteiger partial charge in [-0.15, -0.1) is 23.2 Å². The van der Waals surface area contributed by atoms with E-state index in [1.165, 1.54) is 19.3 Å². The molecule has 0 amide bonds. The summed E-state index contributed by atoms with van der Waals surface area (Å²) < 4.78 is -0.706. The largest absolute Gasteiger partial charge is 0.396 e. The second-order valence-corrected chi connectivity index (χ2v) is 4.78. The minimum absolute atomic E-state index is 0.0702. The van der Waals surface area contributed by atoms with Crippen molar-refractivity contribution in [2.24, 2.45) is 0 Å². The van der Waals surface area contributed by atoms with Crippen LogP contribution in [-0.4, -0.2) is 16.0 Å². The van der Waals surface area contributed by atoms with E-state index in [0.29, 0.717) is 6.42 Å². The molecule has 0 saturated heterocycles. The summed E-state index contributed by atoms with van der Waals surface area (Å²) in [6, 6.07) is 0. The van der Waals surface area contributed by atoms with Crippen LogP contribution < -0.4 is 0 Å². The van der Waals surface area contributed by atoms with Crippen molar-refractivity contribution in [3.05, 3.63) is 0 Å². The molecule has 0 saturated carbocycles. The van der Waals surface area contributed by atoms with Gasteiger partial charge in [-0.05, 0) is 6.42 Å². The SMILES string of the molecule is CCCCCCC(Cl)(Cl)CCO. The van der Waals surface area contributed by atoms with Crippen molar-refractivity contribution in [1.29, 1.82) is 0 Å². The van der Waals surface area contributed by atoms with Crippen LogP contribution in [0.5, 0.6) is 0 Å². The maximum atomic E-state index is 8.64. The van der Waals surface area contributed by atoms with E-state index in [9.17, 15) is 0 Å². The molecule has 0 bridgehead atoms. The molecule has 0 aliphatic heterocycles. The van der Waals surface area contributed by atoms with Crippen molar-refractivity contribution in [2.75, 3.05) is 6.61 Å². The van der Waals surface area contributed by atoms with Gasteiger partial charge in [0.05, 0.1) is 0 Å². The zero-order valence-corrected chi connectivity index (χ0v) is 9.16. The standard InChI is InChI=1S/C9H18Cl2O/c1-2-3-4-5-6-9(10,11)7-8-12/h12H,2-8H2,1H3. The van der Waals surface area contributed by atoms with Crippen LogP contribution in [0.4, 0.5) is 0 Å². The molecule has 0 aliphatic rings. The number of rotatable bonds is 7. The quantitative estimate of drug-likeness (QED) is 0.506. The molecule has 0 radical (unpaired) electrons. The summed E-state index contributed by atoms with van der Waals surface area (Å²) in [5.41, 5.74) is 0. The molecule has 12 heavy (non-hydrogen) atoms. The normalized spacial score (nSPS) is 12.0. The Morgan fingerprint density at radius 3 is 2.25 bits per heavy atom. The van der Waals surface area contributed by atoms with Crippen LogP contribution in [0.3, 0.4) is 0 Å². The van der Waals surface area contributed by atoms with E-state index < -0.39 is 4.33 Å². The van der Waals surface area contributed by atoms with Crippen LogP contribution in [-0.2, 0) is 0 Å². The van der Waals surface area contributed by atoms with Crippen LogP contribution in [0.25, 0.3) is 0 Å². The van der Waals surface area contributed by atoms with Gasteiger partial charge in [-0.1, -0.05) is 32.6 Å². The van der Waals surface area contributed by atoms with Gasteiger partial charge in [-0.25, -0.2) is 0 Å². The summed E-state index contributed by atoms with van der Waals surface area (Å²) in [5, 5.41) is 8.64. The molecule has 0 unspecified atom stereocenters. The summed E-state index contributed by atoms with van der Waals surface area (Å²) in [6.07, 6.45) is 5.96. The zero-order valence-electron chi connectivity index (χ0n) is 7.65. The number of unbranched alkanes of at least 4 members (excludes halogenated alkanes) is 3. The Bertz CT molecular complexity index is 105. The fourth-order valence-electron chi connectivity index (χ4n) is 1.10. The minimum Gasteiger partial charge on any atom is -0.396 e. The Morgan fingerprint density at radius 2 is 1.75 bits per heavy atom. The van der Waals surface area contributed by atoms with Crippen molar-refractivity contribution in [2.45, 2.75) is 49.8 Å². The first-order chi connectivity index (χ1) is 5.62. The molecule has 0 fully saturated rings. The van der Waals surface area contributed by atoms with Crippen LogP contribution in [0, 0.1) is 0 Å². The van der Waals surface area contributed by atoms with E-state index in [1.807, 2.05) is 0 Å². The molecule has 0 aromatic heterocycles. The van der Waals surface area contributed by atoms with Gasteiger partial charge in [-0.3, -0.25) is 0 Å². The van der Waals surface area contributed by atoms with Crippen molar-refractivity contribution in [1.82, 2.24) is 0 Å². The Morgan fingerprint density at radius 1 is 1.08 bits per heavy atom. The maximum Gasteiger partial charge on any atom is 0.120 e. The predicted octanol–water partition coefficient (Wildman–Crippen LogP) is 3.51. The Labute approximate surface area is 85.1 Å². The number of aliphatic hydroxyl groups excluding tert-OH is 1. The molecule has 1 N–H and O–H groups in total. The summed E-state index contributed by atoms with van der Waals surface area (Å²) in [4.78, 5) is 0. The molecule has 0 aromatic rings. The van der Waals surface area contributed by atoms with E-state index in [0.717, 1.165) is 12.8 Å². The van der Waals surface area contributed by atoms with E-state index in [2.05, 4.69) is 6.92 Å². The van der Waals surface area contributed by atoms with Gasteiger partial charge in [0.15, 0.2) is 0 Å². The van der Waals surface area contributed by atoms with E-state index in [4.69, 9.17) is 28.3 Å². The fourth-order valence-corrected chi connectivity index (χ4v) is 1.54. The number of aliphatic hydroxyl groups is 1. The second kappa shape index (κ2) is 6.99. The highest BCUT2D eigenvalue weighted by molar-refractivity contribution is 6.48. The Balaban J connectivity index is 3.33. The summed E-state index contributed by atoms with van der Waals surface area (Å²) in [7, 11) is 0. The van der Waals surface area contributed by atoms with Gasteiger partial charge in [0.1, 0.15) is 4.33 Å². The highest BCUT2D eigenvalue weighted by atomic mass is 35.5. The van der Waals surface area contributed by atoms with Gasteiger partial charge in [0, 0.05) is 13.0 Å².